The van der Waals surface area contributed by atoms with E-state index in [2.05, 4.69) is 0 Å². The number of fused-ring (bicyclic) bond motifs is 1. The summed E-state index contributed by atoms with van der Waals surface area (Å²) >= 11 is 0. The molecule has 2 aliphatic rings. The molecule has 1 unspecified atom stereocenters. The molecule has 0 aromatic carbocycles. The molecule has 16 heavy (non-hydrogen) atoms. The van der Waals surface area contributed by atoms with Gasteiger partial charge in [-0.2, -0.15) is 0 Å². The molecule has 2 atom stereocenters. The van der Waals surface area contributed by atoms with Crippen molar-refractivity contribution in [3.05, 3.63) is 23.8 Å². The quantitative estimate of drug-likeness (QED) is 0.711. The minimum atomic E-state index is -0.490. The fourth-order valence-electron chi connectivity index (χ4n) is 2.06. The van der Waals surface area contributed by atoms with Crippen LogP contribution < -0.4 is 0 Å². The number of rotatable bonds is 3. The third kappa shape index (κ3) is 1.80. The zero-order valence-electron chi connectivity index (χ0n) is 9.22. The standard InChI is InChI=1S/C12H15NO3/c1-8(14)6-7-13-11(15)9-4-2-3-5-10(9)12(13)16/h2-4,8,10,14H,5-7H2,1H3/t8?,10-/m1/s1. The number of carbonyl (C=O) groups excluding carboxylic acids is 2. The molecule has 1 heterocycles. The number of nitrogens with zero attached hydrogens (tertiary/aromatic N) is 1. The molecule has 0 aromatic rings. The van der Waals surface area contributed by atoms with Crippen molar-refractivity contribution in [2.24, 2.45) is 5.92 Å². The Kier molecular flexibility index (Phi) is 2.92. The van der Waals surface area contributed by atoms with Crippen LogP contribution in [-0.2, 0) is 9.59 Å². The van der Waals surface area contributed by atoms with Gasteiger partial charge in [0.25, 0.3) is 5.91 Å². The van der Waals surface area contributed by atoms with Crippen molar-refractivity contribution >= 4 is 11.8 Å². The first kappa shape index (κ1) is 11.1. The molecule has 1 N–H and O–H groups in total. The van der Waals surface area contributed by atoms with Crippen molar-refractivity contribution in [2.75, 3.05) is 6.54 Å². The van der Waals surface area contributed by atoms with Crippen molar-refractivity contribution in [2.45, 2.75) is 25.9 Å². The number of allylic oxidation sites excluding steroid dienone is 3. The number of likely N-dealkylation sites (tertiary alicyclic amines) is 1. The highest BCUT2D eigenvalue weighted by Crippen LogP contribution is 2.31. The molecule has 2 amide bonds. The second-order valence-electron chi connectivity index (χ2n) is 4.27. The summed E-state index contributed by atoms with van der Waals surface area (Å²) in [4.78, 5) is 25.1. The molecule has 1 aliphatic heterocycles. The fourth-order valence-corrected chi connectivity index (χ4v) is 2.06. The van der Waals surface area contributed by atoms with E-state index in [1.807, 2.05) is 12.2 Å². The summed E-state index contributed by atoms with van der Waals surface area (Å²) in [7, 11) is 0. The average Bonchev–Trinajstić information content (AvgIpc) is 2.50. The van der Waals surface area contributed by atoms with Crippen LogP contribution in [0.15, 0.2) is 23.8 Å². The molecule has 1 fully saturated rings. The van der Waals surface area contributed by atoms with E-state index in [0.717, 1.165) is 0 Å². The highest BCUT2D eigenvalue weighted by atomic mass is 16.3. The minimum absolute atomic E-state index is 0.124. The Balaban J connectivity index is 2.12. The van der Waals surface area contributed by atoms with E-state index >= 15 is 0 Å². The number of aliphatic hydroxyl groups excluding tert-OH is 1. The molecule has 0 aromatic heterocycles. The first-order valence-electron chi connectivity index (χ1n) is 5.51. The summed E-state index contributed by atoms with van der Waals surface area (Å²) in [6, 6.07) is 0. The first-order chi connectivity index (χ1) is 7.61. The minimum Gasteiger partial charge on any atom is -0.393 e. The summed E-state index contributed by atoms with van der Waals surface area (Å²) in [5.74, 6) is -0.604. The lowest BCUT2D eigenvalue weighted by atomic mass is 9.94. The molecule has 0 spiro atoms. The smallest absolute Gasteiger partial charge is 0.257 e. The Morgan fingerprint density at radius 1 is 1.56 bits per heavy atom. The number of carbonyl (C=O) groups is 2. The fraction of sp³-hybridized carbons (Fsp3) is 0.500. The summed E-state index contributed by atoms with van der Waals surface area (Å²) in [5.41, 5.74) is 0.595. The summed E-state index contributed by atoms with van der Waals surface area (Å²) in [5, 5.41) is 9.17. The van der Waals surface area contributed by atoms with Gasteiger partial charge in [-0.05, 0) is 19.8 Å². The maximum atomic E-state index is 11.9. The van der Waals surface area contributed by atoms with Crippen LogP contribution in [0.4, 0.5) is 0 Å². The Labute approximate surface area is 94.2 Å². The van der Waals surface area contributed by atoms with E-state index in [-0.39, 0.29) is 17.7 Å². The molecule has 86 valence electrons. The maximum Gasteiger partial charge on any atom is 0.257 e. The normalized spacial score (nSPS) is 25.8. The van der Waals surface area contributed by atoms with Crippen LogP contribution >= 0.6 is 0 Å². The van der Waals surface area contributed by atoms with Crippen LogP contribution in [0, 0.1) is 5.92 Å². The molecule has 2 rings (SSSR count). The molecule has 4 nitrogen and oxygen atoms in total. The van der Waals surface area contributed by atoms with E-state index in [0.29, 0.717) is 25.0 Å². The van der Waals surface area contributed by atoms with Gasteiger partial charge in [0.05, 0.1) is 12.0 Å². The van der Waals surface area contributed by atoms with Crippen LogP contribution in [0.1, 0.15) is 19.8 Å². The lowest BCUT2D eigenvalue weighted by molar-refractivity contribution is -0.139. The van der Waals surface area contributed by atoms with Gasteiger partial charge in [-0.25, -0.2) is 0 Å². The number of aliphatic hydroxyl groups is 1. The van der Waals surface area contributed by atoms with Crippen molar-refractivity contribution < 1.29 is 14.7 Å². The zero-order valence-corrected chi connectivity index (χ0v) is 9.22. The van der Waals surface area contributed by atoms with Crippen molar-refractivity contribution in [3.8, 4) is 0 Å². The van der Waals surface area contributed by atoms with Gasteiger partial charge in [0.1, 0.15) is 0 Å². The predicted molar refractivity (Wildman–Crippen MR) is 58.3 cm³/mol. The number of hydrogen-bond acceptors (Lipinski definition) is 3. The molecule has 1 aliphatic carbocycles. The Morgan fingerprint density at radius 2 is 2.31 bits per heavy atom. The molecule has 1 saturated heterocycles. The van der Waals surface area contributed by atoms with Crippen LogP contribution in [0.3, 0.4) is 0 Å². The van der Waals surface area contributed by atoms with E-state index in [4.69, 9.17) is 5.11 Å². The highest BCUT2D eigenvalue weighted by Gasteiger charge is 2.42. The molecular formula is C12H15NO3. The van der Waals surface area contributed by atoms with Gasteiger partial charge in [-0.15, -0.1) is 0 Å². The first-order valence-corrected chi connectivity index (χ1v) is 5.51. The van der Waals surface area contributed by atoms with Gasteiger partial charge in [-0.1, -0.05) is 18.2 Å². The zero-order chi connectivity index (χ0) is 11.7. The molecule has 0 radical (unpaired) electrons. The van der Waals surface area contributed by atoms with Crippen LogP contribution in [0.25, 0.3) is 0 Å². The Bertz CT molecular complexity index is 382. The predicted octanol–water partition coefficient (Wildman–Crippen LogP) is 0.629. The summed E-state index contributed by atoms with van der Waals surface area (Å²) in [6.07, 6.45) is 5.99. The third-order valence-corrected chi connectivity index (χ3v) is 2.99. The van der Waals surface area contributed by atoms with Gasteiger partial charge < -0.3 is 5.11 Å². The summed E-state index contributed by atoms with van der Waals surface area (Å²) < 4.78 is 0. The second kappa shape index (κ2) is 4.22. The molecular weight excluding hydrogens is 206 g/mol. The highest BCUT2D eigenvalue weighted by molar-refractivity contribution is 6.15. The van der Waals surface area contributed by atoms with E-state index in [1.165, 1.54) is 4.90 Å². The van der Waals surface area contributed by atoms with Crippen molar-refractivity contribution in [3.63, 3.8) is 0 Å². The van der Waals surface area contributed by atoms with Crippen LogP contribution in [-0.4, -0.2) is 34.5 Å². The van der Waals surface area contributed by atoms with Crippen molar-refractivity contribution in [1.29, 1.82) is 0 Å². The van der Waals surface area contributed by atoms with Crippen LogP contribution in [0.2, 0.25) is 0 Å². The number of amides is 2. The topological polar surface area (TPSA) is 57.6 Å². The largest absolute Gasteiger partial charge is 0.393 e. The lowest BCUT2D eigenvalue weighted by Crippen LogP contribution is -2.33. The molecule has 4 heteroatoms. The van der Waals surface area contributed by atoms with E-state index in [1.54, 1.807) is 13.0 Å². The number of imide groups is 1. The van der Waals surface area contributed by atoms with Gasteiger partial charge in [0, 0.05) is 12.1 Å². The van der Waals surface area contributed by atoms with Gasteiger partial charge in [-0.3, -0.25) is 14.5 Å². The third-order valence-electron chi connectivity index (χ3n) is 2.99. The molecule has 0 bridgehead atoms. The Morgan fingerprint density at radius 3 is 2.94 bits per heavy atom. The van der Waals surface area contributed by atoms with E-state index < -0.39 is 6.10 Å². The van der Waals surface area contributed by atoms with Gasteiger partial charge in [0.2, 0.25) is 5.91 Å². The van der Waals surface area contributed by atoms with Crippen LogP contribution in [0.5, 0.6) is 0 Å². The monoisotopic (exact) mass is 221 g/mol. The van der Waals surface area contributed by atoms with E-state index in [9.17, 15) is 9.59 Å². The van der Waals surface area contributed by atoms with Crippen molar-refractivity contribution in [1.82, 2.24) is 4.90 Å². The average molecular weight is 221 g/mol. The lowest BCUT2D eigenvalue weighted by Gasteiger charge is -2.14. The second-order valence-corrected chi connectivity index (χ2v) is 4.27. The SMILES string of the molecule is CC(O)CCN1C(=O)C2=CC=CC[C@H]2C1=O. The summed E-state index contributed by atoms with van der Waals surface area (Å²) in [6.45, 7) is 1.96. The van der Waals surface area contributed by atoms with Gasteiger partial charge in [0.15, 0.2) is 0 Å². The molecule has 0 saturated carbocycles. The Hall–Kier alpha value is -1.42. The maximum absolute atomic E-state index is 11.9. The number of hydrogen-bond donors (Lipinski definition) is 1. The van der Waals surface area contributed by atoms with Gasteiger partial charge >= 0.3 is 0 Å².